The monoisotopic (exact) mass is 646 g/mol. The van der Waals surface area contributed by atoms with Gasteiger partial charge in [0, 0.05) is 53.2 Å². The molecule has 50 heavy (non-hydrogen) atoms. The maximum atomic E-state index is 5.00. The molecule has 240 valence electrons. The molecule has 0 spiro atoms. The minimum Gasteiger partial charge on any atom is -0.346 e. The molecule has 6 heteroatoms. The summed E-state index contributed by atoms with van der Waals surface area (Å²) in [7, 11) is 0. The molecule has 6 nitrogen and oxygen atoms in total. The minimum atomic E-state index is 0.596. The maximum absolute atomic E-state index is 5.00. The molecule has 0 unspecified atom stereocenters. The molecule has 1 N–H and O–H groups in total. The quantitative estimate of drug-likeness (QED) is 0.193. The number of aromatic nitrogens is 6. The van der Waals surface area contributed by atoms with Gasteiger partial charge in [-0.15, -0.1) is 0 Å². The Labute approximate surface area is 290 Å². The summed E-state index contributed by atoms with van der Waals surface area (Å²) in [6, 6.07) is 36.2. The number of H-pyrrole nitrogens is 1. The molecule has 0 saturated heterocycles. The van der Waals surface area contributed by atoms with Crippen molar-refractivity contribution in [3.05, 3.63) is 151 Å². The van der Waals surface area contributed by atoms with E-state index in [0.717, 1.165) is 39.2 Å². The van der Waals surface area contributed by atoms with Crippen LogP contribution in [0.3, 0.4) is 0 Å². The first-order valence-corrected chi connectivity index (χ1v) is 17.2. The highest BCUT2D eigenvalue weighted by Gasteiger charge is 2.17. The summed E-state index contributed by atoms with van der Waals surface area (Å²) in [5, 5.41) is 8.68. The molecule has 4 aromatic carbocycles. The van der Waals surface area contributed by atoms with E-state index in [4.69, 9.17) is 9.97 Å². The topological polar surface area (TPSA) is 80.2 Å². The predicted octanol–water partition coefficient (Wildman–Crippen LogP) is 10.5. The molecule has 0 bridgehead atoms. The number of rotatable bonds is 3. The van der Waals surface area contributed by atoms with Gasteiger partial charge >= 0.3 is 0 Å². The standard InChI is InChI=1S/C35H27N5.C9H7N/c1-21-6-4-11-32(38-21)35-39-33(31-16-17-37-34(31)40-35)24-18-23(19-36-20-24)26-9-5-10-27-29(26)15-14-28-25-8-3-2-7-22(25)12-13-30(27)28;1-2-4-9-7-10-6-5-8(9)3-1/h4-6,9-20H,2-3,7-8H2,1H3,(H,37,39,40);1-7H. The Balaban J connectivity index is 0.000000289. The number of hydrogen-bond acceptors (Lipinski definition) is 5. The fraction of sp³-hybridized carbons (Fsp3) is 0.114. The lowest BCUT2D eigenvalue weighted by Gasteiger charge is -2.19. The lowest BCUT2D eigenvalue weighted by molar-refractivity contribution is 0.690. The van der Waals surface area contributed by atoms with Crippen molar-refractivity contribution in [1.82, 2.24) is 29.9 Å². The summed E-state index contributed by atoms with van der Waals surface area (Å²) in [5.41, 5.74) is 9.57. The van der Waals surface area contributed by atoms with Crippen LogP contribution in [0.15, 0.2) is 134 Å². The van der Waals surface area contributed by atoms with Crippen molar-refractivity contribution >= 4 is 43.4 Å². The fourth-order valence-corrected chi connectivity index (χ4v) is 7.37. The highest BCUT2D eigenvalue weighted by molar-refractivity contribution is 6.13. The van der Waals surface area contributed by atoms with Gasteiger partial charge in [0.15, 0.2) is 5.82 Å². The Morgan fingerprint density at radius 2 is 1.40 bits per heavy atom. The molecule has 10 rings (SSSR count). The summed E-state index contributed by atoms with van der Waals surface area (Å²) in [5.74, 6) is 0.596. The SMILES string of the molecule is Cc1cccc(-c2nc(-c3cncc(-c4cccc5c4ccc4c6c(ccc45)CCCC6)c3)c3cc[nH]c3n2)n1.c1ccc2cnccc2c1. The number of aryl methyl sites for hydroxylation is 3. The number of aromatic amines is 1. The third kappa shape index (κ3) is 5.45. The third-order valence-corrected chi connectivity index (χ3v) is 9.80. The summed E-state index contributed by atoms with van der Waals surface area (Å²) in [6.07, 6.45) is 14.4. The van der Waals surface area contributed by atoms with Gasteiger partial charge in [0.2, 0.25) is 0 Å². The van der Waals surface area contributed by atoms with Crippen molar-refractivity contribution < 1.29 is 0 Å². The van der Waals surface area contributed by atoms with Crippen molar-refractivity contribution in [2.24, 2.45) is 0 Å². The molecule has 1 aliphatic carbocycles. The first-order chi connectivity index (χ1) is 24.7. The Bertz CT molecular complexity index is 2630. The van der Waals surface area contributed by atoms with Crippen molar-refractivity contribution in [3.63, 3.8) is 0 Å². The number of nitrogens with one attached hydrogen (secondary N) is 1. The van der Waals surface area contributed by atoms with Crippen molar-refractivity contribution in [1.29, 1.82) is 0 Å². The number of pyridine rings is 3. The smallest absolute Gasteiger partial charge is 0.180 e. The Hall–Kier alpha value is -6.27. The van der Waals surface area contributed by atoms with Crippen LogP contribution < -0.4 is 0 Å². The maximum Gasteiger partial charge on any atom is 0.180 e. The lowest BCUT2D eigenvalue weighted by atomic mass is 9.85. The average Bonchev–Trinajstić information content (AvgIpc) is 3.66. The fourth-order valence-electron chi connectivity index (χ4n) is 7.37. The van der Waals surface area contributed by atoms with E-state index in [2.05, 4.69) is 80.6 Å². The second kappa shape index (κ2) is 12.6. The van der Waals surface area contributed by atoms with E-state index in [9.17, 15) is 0 Å². The van der Waals surface area contributed by atoms with Crippen LogP contribution in [-0.2, 0) is 12.8 Å². The zero-order valence-corrected chi connectivity index (χ0v) is 27.8. The molecular formula is C44H34N6. The summed E-state index contributed by atoms with van der Waals surface area (Å²) in [4.78, 5) is 26.4. The second-order valence-electron chi connectivity index (χ2n) is 13.0. The van der Waals surface area contributed by atoms with E-state index in [1.54, 1.807) is 0 Å². The van der Waals surface area contributed by atoms with Gasteiger partial charge in [0.05, 0.1) is 5.69 Å². The minimum absolute atomic E-state index is 0.596. The number of nitrogens with zero attached hydrogens (tertiary/aromatic N) is 5. The second-order valence-corrected chi connectivity index (χ2v) is 13.0. The third-order valence-electron chi connectivity index (χ3n) is 9.80. The van der Waals surface area contributed by atoms with E-state index >= 15 is 0 Å². The highest BCUT2D eigenvalue weighted by atomic mass is 15.0. The number of hydrogen-bond donors (Lipinski definition) is 1. The van der Waals surface area contributed by atoms with E-state index < -0.39 is 0 Å². The molecule has 0 radical (unpaired) electrons. The molecule has 0 saturated carbocycles. The number of fused-ring (bicyclic) bond motifs is 7. The van der Waals surface area contributed by atoms with Gasteiger partial charge in [0.25, 0.3) is 0 Å². The van der Waals surface area contributed by atoms with Gasteiger partial charge < -0.3 is 4.98 Å². The van der Waals surface area contributed by atoms with Gasteiger partial charge in [-0.3, -0.25) is 9.97 Å². The van der Waals surface area contributed by atoms with Crippen LogP contribution in [0.4, 0.5) is 0 Å². The largest absolute Gasteiger partial charge is 0.346 e. The first kappa shape index (κ1) is 29.8. The van der Waals surface area contributed by atoms with Crippen LogP contribution in [-0.4, -0.2) is 29.9 Å². The van der Waals surface area contributed by atoms with Gasteiger partial charge in [-0.2, -0.15) is 0 Å². The molecule has 0 fully saturated rings. The van der Waals surface area contributed by atoms with E-state index in [-0.39, 0.29) is 0 Å². The Morgan fingerprint density at radius 3 is 2.32 bits per heavy atom. The van der Waals surface area contributed by atoms with E-state index in [0.29, 0.717) is 5.82 Å². The van der Waals surface area contributed by atoms with Crippen LogP contribution in [0.1, 0.15) is 29.7 Å². The van der Waals surface area contributed by atoms with Crippen LogP contribution in [0, 0.1) is 6.92 Å². The average molecular weight is 647 g/mol. The van der Waals surface area contributed by atoms with Crippen LogP contribution >= 0.6 is 0 Å². The van der Waals surface area contributed by atoms with E-state index in [1.807, 2.05) is 80.4 Å². The number of benzene rings is 4. The predicted molar refractivity (Wildman–Crippen MR) is 204 cm³/mol. The molecule has 1 aliphatic rings. The van der Waals surface area contributed by atoms with Gasteiger partial charge in [-0.1, -0.05) is 72.8 Å². The lowest BCUT2D eigenvalue weighted by Crippen LogP contribution is -2.03. The highest BCUT2D eigenvalue weighted by Crippen LogP contribution is 2.38. The zero-order valence-electron chi connectivity index (χ0n) is 27.8. The summed E-state index contributed by atoms with van der Waals surface area (Å²) >= 11 is 0. The summed E-state index contributed by atoms with van der Waals surface area (Å²) in [6.45, 7) is 1.98. The molecule has 9 aromatic rings. The molecule has 5 aromatic heterocycles. The van der Waals surface area contributed by atoms with Crippen LogP contribution in [0.25, 0.3) is 77.3 Å². The molecule has 0 amide bonds. The van der Waals surface area contributed by atoms with Gasteiger partial charge in [0.1, 0.15) is 11.3 Å². The van der Waals surface area contributed by atoms with Crippen molar-refractivity contribution in [3.8, 4) is 33.9 Å². The Morgan fingerprint density at radius 1 is 0.580 bits per heavy atom. The zero-order chi connectivity index (χ0) is 33.4. The normalized spacial score (nSPS) is 12.6. The first-order valence-electron chi connectivity index (χ1n) is 17.2. The molecular weight excluding hydrogens is 613 g/mol. The van der Waals surface area contributed by atoms with E-state index in [1.165, 1.54) is 74.7 Å². The molecule has 0 aliphatic heterocycles. The molecule has 0 atom stereocenters. The molecule has 5 heterocycles. The Kier molecular flexibility index (Phi) is 7.54. The van der Waals surface area contributed by atoms with Crippen molar-refractivity contribution in [2.75, 3.05) is 0 Å². The van der Waals surface area contributed by atoms with Gasteiger partial charge in [-0.05, 0) is 112 Å². The van der Waals surface area contributed by atoms with Crippen LogP contribution in [0.2, 0.25) is 0 Å². The van der Waals surface area contributed by atoms with Gasteiger partial charge in [-0.25, -0.2) is 15.0 Å². The van der Waals surface area contributed by atoms with Crippen LogP contribution in [0.5, 0.6) is 0 Å². The van der Waals surface area contributed by atoms with Crippen molar-refractivity contribution in [2.45, 2.75) is 32.6 Å². The summed E-state index contributed by atoms with van der Waals surface area (Å²) < 4.78 is 0.